The Labute approximate surface area is 121 Å². The Kier molecular flexibility index (Phi) is 4.65. The Hall–Kier alpha value is -1.55. The van der Waals surface area contributed by atoms with Gasteiger partial charge in [0.15, 0.2) is 0 Å². The van der Waals surface area contributed by atoms with E-state index in [4.69, 9.17) is 5.84 Å². The number of carbonyl (C=O) groups excluding carboxylic acids is 1. The summed E-state index contributed by atoms with van der Waals surface area (Å²) < 4.78 is 0. The van der Waals surface area contributed by atoms with Crippen LogP contribution in [0, 0.1) is 18.8 Å². The smallest absolute Gasteiger partial charge is 0.251 e. The number of aryl methyl sites for hydroxylation is 1. The Balaban J connectivity index is 2.05. The van der Waals surface area contributed by atoms with Crippen molar-refractivity contribution < 1.29 is 4.79 Å². The highest BCUT2D eigenvalue weighted by molar-refractivity contribution is 5.96. The minimum absolute atomic E-state index is 0.0275. The van der Waals surface area contributed by atoms with Crippen molar-refractivity contribution in [2.45, 2.75) is 46.1 Å². The van der Waals surface area contributed by atoms with Gasteiger partial charge >= 0.3 is 0 Å². The van der Waals surface area contributed by atoms with Crippen molar-refractivity contribution in [2.24, 2.45) is 17.7 Å². The highest BCUT2D eigenvalue weighted by Gasteiger charge is 2.32. The van der Waals surface area contributed by atoms with E-state index in [9.17, 15) is 4.79 Å². The van der Waals surface area contributed by atoms with Gasteiger partial charge in [0.25, 0.3) is 5.91 Å². The van der Waals surface area contributed by atoms with Gasteiger partial charge < -0.3 is 10.7 Å². The maximum atomic E-state index is 12.4. The molecule has 1 saturated carbocycles. The topological polar surface area (TPSA) is 67.2 Å². The molecule has 110 valence electrons. The molecule has 0 saturated heterocycles. The van der Waals surface area contributed by atoms with Crippen LogP contribution in [0.5, 0.6) is 0 Å². The Morgan fingerprint density at radius 1 is 1.40 bits per heavy atom. The fourth-order valence-electron chi connectivity index (χ4n) is 3.28. The monoisotopic (exact) mass is 275 g/mol. The molecule has 1 aromatic rings. The molecular weight excluding hydrogens is 250 g/mol. The van der Waals surface area contributed by atoms with Crippen molar-refractivity contribution in [3.63, 3.8) is 0 Å². The second-order valence-corrected chi connectivity index (χ2v) is 5.86. The summed E-state index contributed by atoms with van der Waals surface area (Å²) >= 11 is 0. The van der Waals surface area contributed by atoms with Crippen LogP contribution in [0.25, 0.3) is 0 Å². The molecule has 3 atom stereocenters. The molecule has 3 unspecified atom stereocenters. The van der Waals surface area contributed by atoms with E-state index < -0.39 is 0 Å². The van der Waals surface area contributed by atoms with Gasteiger partial charge in [0.1, 0.15) is 0 Å². The van der Waals surface area contributed by atoms with Crippen LogP contribution >= 0.6 is 0 Å². The standard InChI is InChI=1S/C16H25N3O/c1-4-12-5-8-15(11(12)3)18-16(20)14-7-6-13(19-17)9-10(14)2/h6-7,9,11-12,15,19H,4-5,8,17H2,1-3H3,(H,18,20). The minimum atomic E-state index is 0.0275. The number of hydrogen-bond donors (Lipinski definition) is 3. The van der Waals surface area contributed by atoms with E-state index in [0.29, 0.717) is 12.0 Å². The molecule has 4 N–H and O–H groups in total. The summed E-state index contributed by atoms with van der Waals surface area (Å²) in [6.07, 6.45) is 3.51. The van der Waals surface area contributed by atoms with Crippen LogP contribution in [0.15, 0.2) is 18.2 Å². The molecular formula is C16H25N3O. The third-order valence-corrected chi connectivity index (χ3v) is 4.71. The van der Waals surface area contributed by atoms with Crippen LogP contribution in [-0.2, 0) is 0 Å². The molecule has 1 amide bonds. The fourth-order valence-corrected chi connectivity index (χ4v) is 3.28. The van der Waals surface area contributed by atoms with Crippen LogP contribution in [0.1, 0.15) is 49.0 Å². The van der Waals surface area contributed by atoms with E-state index in [0.717, 1.165) is 29.2 Å². The number of nitrogens with one attached hydrogen (secondary N) is 2. The number of carbonyl (C=O) groups is 1. The zero-order valence-electron chi connectivity index (χ0n) is 12.6. The van der Waals surface area contributed by atoms with E-state index in [-0.39, 0.29) is 5.91 Å². The summed E-state index contributed by atoms with van der Waals surface area (Å²) in [6, 6.07) is 5.85. The number of nitrogen functional groups attached to an aromatic ring is 1. The number of hydrazine groups is 1. The van der Waals surface area contributed by atoms with Crippen molar-refractivity contribution in [1.29, 1.82) is 0 Å². The SMILES string of the molecule is CCC1CCC(NC(=O)c2ccc(NN)cc2C)C1C. The predicted molar refractivity (Wildman–Crippen MR) is 82.4 cm³/mol. The first-order chi connectivity index (χ1) is 9.56. The van der Waals surface area contributed by atoms with Gasteiger partial charge in [-0.2, -0.15) is 0 Å². The molecule has 4 nitrogen and oxygen atoms in total. The maximum absolute atomic E-state index is 12.4. The first-order valence-corrected chi connectivity index (χ1v) is 7.45. The average molecular weight is 275 g/mol. The largest absolute Gasteiger partial charge is 0.349 e. The van der Waals surface area contributed by atoms with Crippen molar-refractivity contribution in [2.75, 3.05) is 5.43 Å². The molecule has 0 heterocycles. The second-order valence-electron chi connectivity index (χ2n) is 5.86. The summed E-state index contributed by atoms with van der Waals surface area (Å²) in [4.78, 5) is 12.4. The molecule has 0 radical (unpaired) electrons. The molecule has 1 aliphatic rings. The molecule has 20 heavy (non-hydrogen) atoms. The van der Waals surface area contributed by atoms with Gasteiger partial charge in [0.2, 0.25) is 0 Å². The lowest BCUT2D eigenvalue weighted by molar-refractivity contribution is 0.0926. The van der Waals surface area contributed by atoms with E-state index in [2.05, 4.69) is 24.6 Å². The average Bonchev–Trinajstić information content (AvgIpc) is 2.79. The Morgan fingerprint density at radius 2 is 2.15 bits per heavy atom. The van der Waals surface area contributed by atoms with Crippen LogP contribution in [-0.4, -0.2) is 11.9 Å². The van der Waals surface area contributed by atoms with Gasteiger partial charge in [0, 0.05) is 17.3 Å². The summed E-state index contributed by atoms with van der Waals surface area (Å²) in [6.45, 7) is 6.41. The lowest BCUT2D eigenvalue weighted by Crippen LogP contribution is -2.37. The number of anilines is 1. The summed E-state index contributed by atoms with van der Waals surface area (Å²) in [5.74, 6) is 6.71. The van der Waals surface area contributed by atoms with Gasteiger partial charge in [-0.1, -0.05) is 20.3 Å². The van der Waals surface area contributed by atoms with Crippen molar-refractivity contribution in [1.82, 2.24) is 5.32 Å². The van der Waals surface area contributed by atoms with E-state index in [1.165, 1.54) is 12.8 Å². The Morgan fingerprint density at radius 3 is 2.70 bits per heavy atom. The Bertz CT molecular complexity index is 487. The van der Waals surface area contributed by atoms with Crippen LogP contribution in [0.3, 0.4) is 0 Å². The zero-order valence-corrected chi connectivity index (χ0v) is 12.6. The van der Waals surface area contributed by atoms with Crippen molar-refractivity contribution in [3.8, 4) is 0 Å². The maximum Gasteiger partial charge on any atom is 0.251 e. The summed E-state index contributed by atoms with van der Waals surface area (Å²) in [5.41, 5.74) is 5.09. The number of rotatable bonds is 4. The third kappa shape index (κ3) is 2.96. The van der Waals surface area contributed by atoms with E-state index in [1.807, 2.05) is 25.1 Å². The molecule has 0 aromatic heterocycles. The number of nitrogens with two attached hydrogens (primary N) is 1. The van der Waals surface area contributed by atoms with Gasteiger partial charge in [-0.3, -0.25) is 10.6 Å². The molecule has 0 bridgehead atoms. The molecule has 1 aliphatic carbocycles. The predicted octanol–water partition coefficient (Wildman–Crippen LogP) is 2.84. The lowest BCUT2D eigenvalue weighted by atomic mass is 9.93. The van der Waals surface area contributed by atoms with Crippen LogP contribution < -0.4 is 16.6 Å². The molecule has 0 aliphatic heterocycles. The minimum Gasteiger partial charge on any atom is -0.349 e. The quantitative estimate of drug-likeness (QED) is 0.584. The summed E-state index contributed by atoms with van der Waals surface area (Å²) in [7, 11) is 0. The van der Waals surface area contributed by atoms with Gasteiger partial charge in [-0.05, 0) is 55.4 Å². The van der Waals surface area contributed by atoms with Gasteiger partial charge in [0.05, 0.1) is 0 Å². The number of benzene rings is 1. The third-order valence-electron chi connectivity index (χ3n) is 4.71. The van der Waals surface area contributed by atoms with E-state index in [1.54, 1.807) is 0 Å². The molecule has 2 rings (SSSR count). The first kappa shape index (κ1) is 14.9. The molecule has 0 spiro atoms. The van der Waals surface area contributed by atoms with Crippen molar-refractivity contribution in [3.05, 3.63) is 29.3 Å². The molecule has 1 aromatic carbocycles. The van der Waals surface area contributed by atoms with Crippen LogP contribution in [0.2, 0.25) is 0 Å². The van der Waals surface area contributed by atoms with Crippen LogP contribution in [0.4, 0.5) is 5.69 Å². The van der Waals surface area contributed by atoms with Crippen molar-refractivity contribution >= 4 is 11.6 Å². The fraction of sp³-hybridized carbons (Fsp3) is 0.562. The summed E-state index contributed by atoms with van der Waals surface area (Å²) in [5, 5.41) is 3.20. The lowest BCUT2D eigenvalue weighted by Gasteiger charge is -2.21. The molecule has 4 heteroatoms. The normalized spacial score (nSPS) is 25.5. The molecule has 1 fully saturated rings. The zero-order chi connectivity index (χ0) is 14.7. The van der Waals surface area contributed by atoms with Gasteiger partial charge in [-0.15, -0.1) is 0 Å². The number of hydrogen-bond acceptors (Lipinski definition) is 3. The second kappa shape index (κ2) is 6.27. The number of amides is 1. The highest BCUT2D eigenvalue weighted by atomic mass is 16.1. The van der Waals surface area contributed by atoms with E-state index >= 15 is 0 Å². The highest BCUT2D eigenvalue weighted by Crippen LogP contribution is 2.34. The first-order valence-electron chi connectivity index (χ1n) is 7.45. The van der Waals surface area contributed by atoms with Gasteiger partial charge in [-0.25, -0.2) is 0 Å².